The van der Waals surface area contributed by atoms with Crippen LogP contribution in [-0.4, -0.2) is 24.5 Å². The minimum atomic E-state index is 0.217. The Kier molecular flexibility index (Phi) is 5.96. The Hall–Kier alpha value is -1.60. The molecule has 3 rings (SSSR count). The first-order valence-electron chi connectivity index (χ1n) is 9.92. The topological polar surface area (TPSA) is 3.24 Å². The van der Waals surface area contributed by atoms with Crippen molar-refractivity contribution in [2.24, 2.45) is 0 Å². The highest BCUT2D eigenvalue weighted by molar-refractivity contribution is 5.35. The first kappa shape index (κ1) is 18.2. The quantitative estimate of drug-likeness (QED) is 0.648. The molecule has 134 valence electrons. The Morgan fingerprint density at radius 2 is 1.40 bits per heavy atom. The molecular formula is C24H33N. The molecule has 1 saturated heterocycles. The van der Waals surface area contributed by atoms with Crippen LogP contribution in [0.3, 0.4) is 0 Å². The second-order valence-corrected chi connectivity index (χ2v) is 8.53. The molecule has 25 heavy (non-hydrogen) atoms. The summed E-state index contributed by atoms with van der Waals surface area (Å²) in [6, 6.07) is 20.4. The van der Waals surface area contributed by atoms with Crippen LogP contribution in [0.15, 0.2) is 54.6 Å². The summed E-state index contributed by atoms with van der Waals surface area (Å²) in [5.74, 6) is 0.497. The number of piperidine rings is 1. The van der Waals surface area contributed by atoms with E-state index >= 15 is 0 Å². The zero-order valence-corrected chi connectivity index (χ0v) is 16.2. The van der Waals surface area contributed by atoms with Crippen molar-refractivity contribution in [3.05, 3.63) is 71.3 Å². The molecular weight excluding hydrogens is 302 g/mol. The molecule has 0 radical (unpaired) electrons. The third-order valence-electron chi connectivity index (χ3n) is 5.56. The fraction of sp³-hybridized carbons (Fsp3) is 0.500. The van der Waals surface area contributed by atoms with E-state index in [-0.39, 0.29) is 5.41 Å². The van der Waals surface area contributed by atoms with Gasteiger partial charge in [-0.25, -0.2) is 0 Å². The van der Waals surface area contributed by atoms with E-state index in [0.29, 0.717) is 5.92 Å². The molecule has 2 aromatic rings. The average molecular weight is 336 g/mol. The van der Waals surface area contributed by atoms with E-state index < -0.39 is 0 Å². The Morgan fingerprint density at radius 3 is 2.00 bits per heavy atom. The summed E-state index contributed by atoms with van der Waals surface area (Å²) in [4.78, 5) is 2.66. The number of hydrogen-bond acceptors (Lipinski definition) is 1. The van der Waals surface area contributed by atoms with E-state index in [1.807, 2.05) is 0 Å². The minimum Gasteiger partial charge on any atom is -0.303 e. The highest BCUT2D eigenvalue weighted by atomic mass is 15.1. The predicted molar refractivity (Wildman–Crippen MR) is 108 cm³/mol. The molecule has 0 aliphatic carbocycles. The summed E-state index contributed by atoms with van der Waals surface area (Å²) in [6.45, 7) is 10.6. The van der Waals surface area contributed by atoms with E-state index in [0.717, 1.165) is 0 Å². The molecule has 0 amide bonds. The molecule has 1 unspecified atom stereocenters. The average Bonchev–Trinajstić information content (AvgIpc) is 2.63. The lowest BCUT2D eigenvalue weighted by Crippen LogP contribution is -2.31. The lowest BCUT2D eigenvalue weighted by Gasteiger charge is -2.29. The van der Waals surface area contributed by atoms with Crippen LogP contribution in [0.4, 0.5) is 0 Å². The van der Waals surface area contributed by atoms with Crippen LogP contribution < -0.4 is 0 Å². The molecule has 2 aromatic carbocycles. The van der Waals surface area contributed by atoms with Gasteiger partial charge < -0.3 is 4.90 Å². The molecule has 0 spiro atoms. The van der Waals surface area contributed by atoms with E-state index in [9.17, 15) is 0 Å². The van der Waals surface area contributed by atoms with E-state index in [1.54, 1.807) is 0 Å². The zero-order chi connectivity index (χ0) is 17.7. The van der Waals surface area contributed by atoms with Crippen molar-refractivity contribution in [1.82, 2.24) is 4.90 Å². The van der Waals surface area contributed by atoms with Gasteiger partial charge in [0.25, 0.3) is 0 Å². The maximum absolute atomic E-state index is 2.66. The number of nitrogens with zero attached hydrogens (tertiary/aromatic N) is 1. The van der Waals surface area contributed by atoms with Crippen molar-refractivity contribution in [1.29, 1.82) is 0 Å². The summed E-state index contributed by atoms with van der Waals surface area (Å²) in [5, 5.41) is 0. The number of hydrogen-bond donors (Lipinski definition) is 0. The largest absolute Gasteiger partial charge is 0.303 e. The lowest BCUT2D eigenvalue weighted by atomic mass is 9.83. The van der Waals surface area contributed by atoms with E-state index in [4.69, 9.17) is 0 Å². The molecule has 0 bridgehead atoms. The second kappa shape index (κ2) is 8.19. The van der Waals surface area contributed by atoms with Crippen LogP contribution in [0, 0.1) is 0 Å². The van der Waals surface area contributed by atoms with Crippen LogP contribution in [-0.2, 0) is 5.41 Å². The van der Waals surface area contributed by atoms with Gasteiger partial charge >= 0.3 is 0 Å². The third kappa shape index (κ3) is 4.95. The van der Waals surface area contributed by atoms with Crippen molar-refractivity contribution < 1.29 is 0 Å². The number of likely N-dealkylation sites (tertiary alicyclic amines) is 1. The van der Waals surface area contributed by atoms with Crippen molar-refractivity contribution in [2.75, 3.05) is 19.6 Å². The highest BCUT2D eigenvalue weighted by Gasteiger charge is 2.19. The predicted octanol–water partition coefficient (Wildman–Crippen LogP) is 5.99. The SMILES string of the molecule is CC(C)(C)c1ccc(C(CCN2CCCCC2)c2ccccc2)cc1. The molecule has 0 aromatic heterocycles. The van der Waals surface area contributed by atoms with Crippen LogP contribution >= 0.6 is 0 Å². The summed E-state index contributed by atoms with van der Waals surface area (Å²) in [7, 11) is 0. The van der Waals surface area contributed by atoms with Gasteiger partial charge in [-0.05, 0) is 61.0 Å². The fourth-order valence-electron chi connectivity index (χ4n) is 3.92. The summed E-state index contributed by atoms with van der Waals surface area (Å²) in [5.41, 5.74) is 4.53. The second-order valence-electron chi connectivity index (χ2n) is 8.53. The maximum atomic E-state index is 2.66. The molecule has 1 heterocycles. The molecule has 1 fully saturated rings. The minimum absolute atomic E-state index is 0.217. The number of benzene rings is 2. The van der Waals surface area contributed by atoms with Crippen molar-refractivity contribution >= 4 is 0 Å². The van der Waals surface area contributed by atoms with Crippen LogP contribution in [0.25, 0.3) is 0 Å². The monoisotopic (exact) mass is 335 g/mol. The molecule has 1 aliphatic heterocycles. The molecule has 1 aliphatic rings. The molecule has 0 saturated carbocycles. The van der Waals surface area contributed by atoms with Gasteiger partial charge in [0.05, 0.1) is 0 Å². The first-order valence-corrected chi connectivity index (χ1v) is 9.92. The Labute approximate surface area is 154 Å². The Balaban J connectivity index is 1.78. The first-order chi connectivity index (χ1) is 12.0. The standard InChI is InChI=1S/C24H33N/c1-24(2,3)22-14-12-21(13-15-22)23(20-10-6-4-7-11-20)16-19-25-17-8-5-9-18-25/h4,6-7,10-15,23H,5,8-9,16-19H2,1-3H3. The van der Waals surface area contributed by atoms with Crippen LogP contribution in [0.1, 0.15) is 69.1 Å². The van der Waals surface area contributed by atoms with Crippen LogP contribution in [0.2, 0.25) is 0 Å². The maximum Gasteiger partial charge on any atom is 0.0101 e. The van der Waals surface area contributed by atoms with Gasteiger partial charge in [-0.1, -0.05) is 81.8 Å². The molecule has 1 heteroatoms. The van der Waals surface area contributed by atoms with Crippen molar-refractivity contribution in [3.8, 4) is 0 Å². The van der Waals surface area contributed by atoms with Crippen LogP contribution in [0.5, 0.6) is 0 Å². The smallest absolute Gasteiger partial charge is 0.0101 e. The van der Waals surface area contributed by atoms with E-state index in [2.05, 4.69) is 80.3 Å². The van der Waals surface area contributed by atoms with Gasteiger partial charge in [-0.15, -0.1) is 0 Å². The number of rotatable bonds is 5. The normalized spacial score (nSPS) is 17.4. The fourth-order valence-corrected chi connectivity index (χ4v) is 3.92. The van der Waals surface area contributed by atoms with Gasteiger partial charge in [0.2, 0.25) is 0 Å². The molecule has 1 atom stereocenters. The summed E-state index contributed by atoms with van der Waals surface area (Å²) in [6.07, 6.45) is 5.36. The van der Waals surface area contributed by atoms with Crippen molar-refractivity contribution in [2.45, 2.75) is 57.8 Å². The summed E-state index contributed by atoms with van der Waals surface area (Å²) >= 11 is 0. The van der Waals surface area contributed by atoms with Gasteiger partial charge in [-0.2, -0.15) is 0 Å². The molecule has 0 N–H and O–H groups in total. The highest BCUT2D eigenvalue weighted by Crippen LogP contribution is 2.31. The Bertz CT molecular complexity index is 630. The van der Waals surface area contributed by atoms with E-state index in [1.165, 1.54) is 62.0 Å². The zero-order valence-electron chi connectivity index (χ0n) is 16.2. The van der Waals surface area contributed by atoms with Gasteiger partial charge in [0.1, 0.15) is 0 Å². The molecule has 1 nitrogen and oxygen atoms in total. The van der Waals surface area contributed by atoms with Gasteiger partial charge in [0, 0.05) is 5.92 Å². The van der Waals surface area contributed by atoms with Gasteiger partial charge in [-0.3, -0.25) is 0 Å². The van der Waals surface area contributed by atoms with Crippen molar-refractivity contribution in [3.63, 3.8) is 0 Å². The Morgan fingerprint density at radius 1 is 0.800 bits per heavy atom. The third-order valence-corrected chi connectivity index (χ3v) is 5.56. The lowest BCUT2D eigenvalue weighted by molar-refractivity contribution is 0.223. The summed E-state index contributed by atoms with van der Waals surface area (Å²) < 4.78 is 0. The van der Waals surface area contributed by atoms with Gasteiger partial charge in [0.15, 0.2) is 0 Å².